The van der Waals surface area contributed by atoms with Crippen LogP contribution >= 0.6 is 0 Å². The van der Waals surface area contributed by atoms with Crippen LogP contribution in [0.4, 0.5) is 5.69 Å². The average molecular weight is 386 g/mol. The van der Waals surface area contributed by atoms with Crippen LogP contribution in [0, 0.1) is 6.92 Å². The van der Waals surface area contributed by atoms with Crippen molar-refractivity contribution in [2.75, 3.05) is 5.32 Å². The van der Waals surface area contributed by atoms with E-state index in [-0.39, 0.29) is 17.0 Å². The quantitative estimate of drug-likeness (QED) is 0.555. The van der Waals surface area contributed by atoms with Gasteiger partial charge in [-0.3, -0.25) is 9.59 Å². The Balaban J connectivity index is 1.87. The average Bonchev–Trinajstić information content (AvgIpc) is 2.70. The molecule has 5 nitrogen and oxygen atoms in total. The first-order valence-electron chi connectivity index (χ1n) is 9.49. The van der Waals surface area contributed by atoms with Crippen molar-refractivity contribution >= 4 is 16.7 Å². The summed E-state index contributed by atoms with van der Waals surface area (Å²) >= 11 is 0. The van der Waals surface area contributed by atoms with Crippen molar-refractivity contribution in [3.8, 4) is 11.3 Å². The lowest BCUT2D eigenvalue weighted by Gasteiger charge is -2.18. The Bertz CT molecular complexity index is 1300. The number of fused-ring (bicyclic) bond motifs is 1. The summed E-state index contributed by atoms with van der Waals surface area (Å²) < 4.78 is 7.66. The molecular weight excluding hydrogens is 364 g/mol. The lowest BCUT2D eigenvalue weighted by molar-refractivity contribution is 0.609. The molecule has 0 saturated carbocycles. The fourth-order valence-corrected chi connectivity index (χ4v) is 3.46. The van der Waals surface area contributed by atoms with E-state index in [2.05, 4.69) is 5.32 Å². The van der Waals surface area contributed by atoms with Crippen LogP contribution in [0.1, 0.15) is 24.1 Å². The second-order valence-corrected chi connectivity index (χ2v) is 7.30. The fourth-order valence-electron chi connectivity index (χ4n) is 3.46. The van der Waals surface area contributed by atoms with Crippen molar-refractivity contribution in [2.45, 2.75) is 19.9 Å². The zero-order valence-electron chi connectivity index (χ0n) is 16.6. The monoisotopic (exact) mass is 386 g/mol. The number of benzene rings is 2. The van der Waals surface area contributed by atoms with Crippen molar-refractivity contribution in [2.24, 2.45) is 7.05 Å². The highest BCUT2D eigenvalue weighted by molar-refractivity contribution is 5.83. The number of nitrogens with one attached hydrogen (secondary N) is 1. The van der Waals surface area contributed by atoms with Crippen molar-refractivity contribution in [1.29, 1.82) is 0 Å². The number of anilines is 1. The molecule has 0 aliphatic carbocycles. The molecule has 2 heterocycles. The predicted octanol–water partition coefficient (Wildman–Crippen LogP) is 4.64. The van der Waals surface area contributed by atoms with Gasteiger partial charge in [0.25, 0.3) is 5.56 Å². The number of hydrogen-bond acceptors (Lipinski definition) is 4. The molecule has 0 bridgehead atoms. The van der Waals surface area contributed by atoms with Gasteiger partial charge in [0, 0.05) is 42.2 Å². The Morgan fingerprint density at radius 1 is 1.00 bits per heavy atom. The van der Waals surface area contributed by atoms with E-state index < -0.39 is 0 Å². The van der Waals surface area contributed by atoms with Crippen molar-refractivity contribution in [3.63, 3.8) is 0 Å². The van der Waals surface area contributed by atoms with Crippen molar-refractivity contribution in [3.05, 3.63) is 98.6 Å². The summed E-state index contributed by atoms with van der Waals surface area (Å²) in [6, 6.07) is 18.4. The van der Waals surface area contributed by atoms with E-state index in [0.717, 1.165) is 16.8 Å². The molecule has 2 aromatic carbocycles. The van der Waals surface area contributed by atoms with E-state index in [9.17, 15) is 9.59 Å². The lowest BCUT2D eigenvalue weighted by Crippen LogP contribution is -2.14. The number of rotatable bonds is 4. The van der Waals surface area contributed by atoms with E-state index in [1.54, 1.807) is 19.3 Å². The van der Waals surface area contributed by atoms with Crippen LogP contribution in [0.25, 0.3) is 22.3 Å². The highest BCUT2D eigenvalue weighted by Crippen LogP contribution is 2.30. The molecule has 0 radical (unpaired) electrons. The van der Waals surface area contributed by atoms with Crippen LogP contribution in [0.5, 0.6) is 0 Å². The van der Waals surface area contributed by atoms with Crippen LogP contribution in [0.15, 0.2) is 80.9 Å². The molecule has 0 spiro atoms. The Kier molecular flexibility index (Phi) is 4.80. The zero-order chi connectivity index (χ0) is 20.5. The smallest absolute Gasteiger partial charge is 0.250 e. The SMILES string of the molecule is Cc1cc(C(C)Nc2ccccc2)c2oc(-c3ccn(C)c(=O)c3)cc(=O)c2c1. The third-order valence-corrected chi connectivity index (χ3v) is 5.01. The number of aryl methyl sites for hydroxylation is 2. The van der Waals surface area contributed by atoms with Crippen LogP contribution in [-0.2, 0) is 7.05 Å². The Morgan fingerprint density at radius 2 is 1.76 bits per heavy atom. The summed E-state index contributed by atoms with van der Waals surface area (Å²) in [5.74, 6) is 0.386. The van der Waals surface area contributed by atoms with E-state index in [4.69, 9.17) is 4.42 Å². The maximum absolute atomic E-state index is 12.8. The summed E-state index contributed by atoms with van der Waals surface area (Å²) in [5.41, 5.74) is 3.71. The van der Waals surface area contributed by atoms with Crippen molar-refractivity contribution < 1.29 is 4.42 Å². The maximum Gasteiger partial charge on any atom is 0.250 e. The van der Waals surface area contributed by atoms with Crippen LogP contribution in [0.2, 0.25) is 0 Å². The van der Waals surface area contributed by atoms with E-state index in [1.165, 1.54) is 16.7 Å². The van der Waals surface area contributed by atoms with Crippen molar-refractivity contribution in [1.82, 2.24) is 4.57 Å². The molecule has 1 unspecified atom stereocenters. The van der Waals surface area contributed by atoms with Gasteiger partial charge < -0.3 is 14.3 Å². The van der Waals surface area contributed by atoms with Gasteiger partial charge in [0.05, 0.1) is 11.4 Å². The molecule has 0 fully saturated rings. The van der Waals surface area contributed by atoms with Gasteiger partial charge in [-0.25, -0.2) is 0 Å². The molecular formula is C24H22N2O3. The highest BCUT2D eigenvalue weighted by Gasteiger charge is 2.16. The minimum Gasteiger partial charge on any atom is -0.455 e. The number of aromatic nitrogens is 1. The molecule has 0 aliphatic rings. The van der Waals surface area contributed by atoms with E-state index in [0.29, 0.717) is 22.3 Å². The molecule has 29 heavy (non-hydrogen) atoms. The summed E-state index contributed by atoms with van der Waals surface area (Å²) in [7, 11) is 1.68. The second kappa shape index (κ2) is 7.43. The van der Waals surface area contributed by atoms with Gasteiger partial charge in [0.2, 0.25) is 0 Å². The summed E-state index contributed by atoms with van der Waals surface area (Å²) in [4.78, 5) is 24.9. The lowest BCUT2D eigenvalue weighted by atomic mass is 10.0. The number of hydrogen-bond donors (Lipinski definition) is 1. The predicted molar refractivity (Wildman–Crippen MR) is 116 cm³/mol. The van der Waals surface area contributed by atoms with Gasteiger partial charge in [-0.2, -0.15) is 0 Å². The minimum absolute atomic E-state index is 0.0816. The third kappa shape index (κ3) is 3.72. The Hall–Kier alpha value is -3.60. The topological polar surface area (TPSA) is 64.2 Å². The molecule has 4 rings (SSSR count). The third-order valence-electron chi connectivity index (χ3n) is 5.01. The zero-order valence-corrected chi connectivity index (χ0v) is 16.6. The van der Waals surface area contributed by atoms with Crippen LogP contribution in [-0.4, -0.2) is 4.57 Å². The normalized spacial score (nSPS) is 12.1. The number of pyridine rings is 1. The van der Waals surface area contributed by atoms with Crippen LogP contribution in [0.3, 0.4) is 0 Å². The first-order chi connectivity index (χ1) is 13.9. The first kappa shape index (κ1) is 18.7. The molecule has 0 amide bonds. The summed E-state index contributed by atoms with van der Waals surface area (Å²) in [5, 5.41) is 3.99. The molecule has 0 aliphatic heterocycles. The van der Waals surface area contributed by atoms with Gasteiger partial charge >= 0.3 is 0 Å². The number of para-hydroxylation sites is 1. The molecule has 4 aromatic rings. The summed E-state index contributed by atoms with van der Waals surface area (Å²) in [6.07, 6.45) is 1.66. The Labute approximate surface area is 168 Å². The second-order valence-electron chi connectivity index (χ2n) is 7.30. The standard InChI is InChI=1S/C24H22N2O3/c1-15-11-19(16(2)25-18-7-5-4-6-8-18)24-20(12-15)21(27)14-22(29-24)17-9-10-26(3)23(28)13-17/h4-14,16,25H,1-3H3. The fraction of sp³-hybridized carbons (Fsp3) is 0.167. The van der Waals surface area contributed by atoms with Gasteiger partial charge in [-0.15, -0.1) is 0 Å². The highest BCUT2D eigenvalue weighted by atomic mass is 16.3. The number of nitrogens with zero attached hydrogens (tertiary/aromatic N) is 1. The molecule has 2 aromatic heterocycles. The largest absolute Gasteiger partial charge is 0.455 e. The van der Waals surface area contributed by atoms with Gasteiger partial charge in [-0.05, 0) is 43.7 Å². The molecule has 146 valence electrons. The molecule has 1 atom stereocenters. The maximum atomic E-state index is 12.8. The summed E-state index contributed by atoms with van der Waals surface area (Å²) in [6.45, 7) is 4.00. The minimum atomic E-state index is -0.159. The van der Waals surface area contributed by atoms with Gasteiger partial charge in [-0.1, -0.05) is 24.3 Å². The van der Waals surface area contributed by atoms with Crippen LogP contribution < -0.4 is 16.3 Å². The first-order valence-corrected chi connectivity index (χ1v) is 9.49. The molecule has 1 N–H and O–H groups in total. The van der Waals surface area contributed by atoms with Gasteiger partial charge in [0.1, 0.15) is 11.3 Å². The van der Waals surface area contributed by atoms with E-state index in [1.807, 2.05) is 56.3 Å². The van der Waals surface area contributed by atoms with Gasteiger partial charge in [0.15, 0.2) is 5.43 Å². The molecule has 0 saturated heterocycles. The van der Waals surface area contributed by atoms with E-state index >= 15 is 0 Å². The Morgan fingerprint density at radius 3 is 2.48 bits per heavy atom. The molecule has 5 heteroatoms.